The maximum absolute atomic E-state index is 14.0. The Labute approximate surface area is 226 Å². The van der Waals surface area contributed by atoms with Crippen LogP contribution in [0.15, 0.2) is 97.2 Å². The number of halogens is 1. The van der Waals surface area contributed by atoms with Gasteiger partial charge in [-0.3, -0.25) is 0 Å². The van der Waals surface area contributed by atoms with Crippen LogP contribution in [0.25, 0.3) is 11.5 Å². The van der Waals surface area contributed by atoms with E-state index in [1.54, 1.807) is 19.2 Å². The van der Waals surface area contributed by atoms with Crippen molar-refractivity contribution in [3.8, 4) is 17.3 Å². The Morgan fingerprint density at radius 1 is 1.03 bits per heavy atom. The van der Waals surface area contributed by atoms with Crippen molar-refractivity contribution in [2.75, 3.05) is 12.4 Å². The van der Waals surface area contributed by atoms with Gasteiger partial charge in [0.1, 0.15) is 17.4 Å². The molecule has 1 N–H and O–H groups in total. The van der Waals surface area contributed by atoms with E-state index >= 15 is 0 Å². The van der Waals surface area contributed by atoms with E-state index in [0.29, 0.717) is 24.4 Å². The predicted molar refractivity (Wildman–Crippen MR) is 148 cm³/mol. The largest absolute Gasteiger partial charge is 0.497 e. The highest BCUT2D eigenvalue weighted by molar-refractivity contribution is 5.90. The van der Waals surface area contributed by atoms with Crippen LogP contribution in [0.2, 0.25) is 0 Å². The van der Waals surface area contributed by atoms with Crippen LogP contribution in [0.3, 0.4) is 0 Å². The predicted octanol–water partition coefficient (Wildman–Crippen LogP) is 6.51. The van der Waals surface area contributed by atoms with Crippen molar-refractivity contribution >= 4 is 11.7 Å². The molecule has 0 saturated heterocycles. The molecule has 1 aliphatic heterocycles. The van der Waals surface area contributed by atoms with Gasteiger partial charge in [0.25, 0.3) is 0 Å². The zero-order chi connectivity index (χ0) is 26.9. The molecule has 0 aliphatic carbocycles. The summed E-state index contributed by atoms with van der Waals surface area (Å²) in [6, 6.07) is 26.9. The summed E-state index contributed by atoms with van der Waals surface area (Å²) >= 11 is 0. The first-order chi connectivity index (χ1) is 19.1. The molecule has 1 aliphatic rings. The van der Waals surface area contributed by atoms with Gasteiger partial charge in [0.2, 0.25) is 0 Å². The van der Waals surface area contributed by atoms with E-state index in [4.69, 9.17) is 9.84 Å². The SMILES string of the molecule is CCc1nn(-c2ccccc2)c2c1CN(C(=O)Nc1ccc(F)cc1)C(c1cccc(OC)c1)c1cccn1-2. The standard InChI is InChI=1S/C31H28FN5O2/c1-3-27-26-20-36(31(38)33-23-16-14-22(32)15-17-23)29(21-9-7-12-25(19-21)39-2)28-13-8-18-35(28)30(26)37(34-27)24-10-5-4-6-11-24/h4-19,29H,3,20H2,1-2H3,(H,33,38). The van der Waals surface area contributed by atoms with Crippen molar-refractivity contribution in [3.05, 3.63) is 126 Å². The maximum Gasteiger partial charge on any atom is 0.322 e. The number of amides is 2. The van der Waals surface area contributed by atoms with Crippen LogP contribution < -0.4 is 10.1 Å². The number of aryl methyl sites for hydroxylation is 1. The van der Waals surface area contributed by atoms with Gasteiger partial charge in [0, 0.05) is 17.4 Å². The molecule has 196 valence electrons. The fourth-order valence-corrected chi connectivity index (χ4v) is 5.24. The first-order valence-corrected chi connectivity index (χ1v) is 12.9. The van der Waals surface area contributed by atoms with E-state index in [-0.39, 0.29) is 11.8 Å². The Balaban J connectivity index is 1.55. The summed E-state index contributed by atoms with van der Waals surface area (Å²) < 4.78 is 23.2. The second-order valence-electron chi connectivity index (χ2n) is 9.40. The minimum atomic E-state index is -0.433. The van der Waals surface area contributed by atoms with Crippen molar-refractivity contribution in [1.82, 2.24) is 19.2 Å². The summed E-state index contributed by atoms with van der Waals surface area (Å²) in [6.07, 6.45) is 2.72. The van der Waals surface area contributed by atoms with Crippen molar-refractivity contribution in [2.45, 2.75) is 25.9 Å². The highest BCUT2D eigenvalue weighted by Gasteiger charge is 2.36. The van der Waals surface area contributed by atoms with Crippen LogP contribution in [0.1, 0.15) is 35.5 Å². The topological polar surface area (TPSA) is 64.3 Å². The lowest BCUT2D eigenvalue weighted by atomic mass is 10.0. The van der Waals surface area contributed by atoms with E-state index in [1.165, 1.54) is 12.1 Å². The lowest BCUT2D eigenvalue weighted by Crippen LogP contribution is -2.38. The quantitative estimate of drug-likeness (QED) is 0.287. The molecule has 1 unspecified atom stereocenters. The number of urea groups is 1. The van der Waals surface area contributed by atoms with Crippen LogP contribution in [-0.2, 0) is 13.0 Å². The lowest BCUT2D eigenvalue weighted by Gasteiger charge is -2.31. The van der Waals surface area contributed by atoms with Crippen molar-refractivity contribution in [2.24, 2.45) is 0 Å². The average molecular weight is 522 g/mol. The molecule has 0 saturated carbocycles. The van der Waals surface area contributed by atoms with Gasteiger partial charge in [-0.05, 0) is 72.6 Å². The van der Waals surface area contributed by atoms with E-state index < -0.39 is 6.04 Å². The molecule has 3 heterocycles. The molecule has 0 fully saturated rings. The van der Waals surface area contributed by atoms with Crippen LogP contribution in [-0.4, -0.2) is 32.4 Å². The first-order valence-electron chi connectivity index (χ1n) is 12.9. The van der Waals surface area contributed by atoms with E-state index in [1.807, 2.05) is 82.5 Å². The van der Waals surface area contributed by atoms with Gasteiger partial charge in [-0.25, -0.2) is 13.9 Å². The van der Waals surface area contributed by atoms with Crippen LogP contribution in [0, 0.1) is 5.82 Å². The summed E-state index contributed by atoms with van der Waals surface area (Å²) in [5.74, 6) is 1.25. The fraction of sp³-hybridized carbons (Fsp3) is 0.161. The molecule has 3 aromatic carbocycles. The molecule has 6 rings (SSSR count). The number of para-hydroxylation sites is 1. The number of fused-ring (bicyclic) bond motifs is 3. The number of benzene rings is 3. The minimum absolute atomic E-state index is 0.301. The minimum Gasteiger partial charge on any atom is -0.497 e. The van der Waals surface area contributed by atoms with Crippen molar-refractivity contribution < 1.29 is 13.9 Å². The Morgan fingerprint density at radius 3 is 2.56 bits per heavy atom. The number of aromatic nitrogens is 3. The number of nitrogens with one attached hydrogen (secondary N) is 1. The molecular weight excluding hydrogens is 493 g/mol. The van der Waals surface area contributed by atoms with Gasteiger partial charge in [-0.15, -0.1) is 0 Å². The molecule has 39 heavy (non-hydrogen) atoms. The highest BCUT2D eigenvalue weighted by atomic mass is 19.1. The zero-order valence-electron chi connectivity index (χ0n) is 21.7. The van der Waals surface area contributed by atoms with E-state index in [9.17, 15) is 9.18 Å². The van der Waals surface area contributed by atoms with Gasteiger partial charge in [-0.1, -0.05) is 37.3 Å². The molecule has 0 radical (unpaired) electrons. The van der Waals surface area contributed by atoms with Gasteiger partial charge in [-0.2, -0.15) is 5.10 Å². The van der Waals surface area contributed by atoms with Gasteiger partial charge >= 0.3 is 6.03 Å². The molecule has 0 bridgehead atoms. The average Bonchev–Trinajstić information content (AvgIpc) is 3.55. The lowest BCUT2D eigenvalue weighted by molar-refractivity contribution is 0.194. The van der Waals surface area contributed by atoms with Crippen LogP contribution in [0.5, 0.6) is 5.75 Å². The Morgan fingerprint density at radius 2 is 1.82 bits per heavy atom. The smallest absolute Gasteiger partial charge is 0.322 e. The number of ether oxygens (including phenoxy) is 1. The third kappa shape index (κ3) is 4.44. The fourth-order valence-electron chi connectivity index (χ4n) is 5.24. The second kappa shape index (κ2) is 10.1. The number of methoxy groups -OCH3 is 1. The number of anilines is 1. The first kappa shape index (κ1) is 24.5. The molecule has 2 aromatic heterocycles. The summed E-state index contributed by atoms with van der Waals surface area (Å²) in [4.78, 5) is 15.8. The van der Waals surface area contributed by atoms with Crippen LogP contribution in [0.4, 0.5) is 14.9 Å². The molecular formula is C31H28FN5O2. The van der Waals surface area contributed by atoms with E-state index in [2.05, 4.69) is 16.8 Å². The van der Waals surface area contributed by atoms with Gasteiger partial charge in [0.05, 0.1) is 36.8 Å². The summed E-state index contributed by atoms with van der Waals surface area (Å²) in [5, 5.41) is 7.97. The van der Waals surface area contributed by atoms with Crippen LogP contribution >= 0.6 is 0 Å². The third-order valence-corrected chi connectivity index (χ3v) is 7.07. The van der Waals surface area contributed by atoms with Crippen molar-refractivity contribution in [1.29, 1.82) is 0 Å². The number of rotatable bonds is 5. The second-order valence-corrected chi connectivity index (χ2v) is 9.40. The van der Waals surface area contributed by atoms with Gasteiger partial charge in [0.15, 0.2) is 0 Å². The Kier molecular flexibility index (Phi) is 6.36. The van der Waals surface area contributed by atoms with E-state index in [0.717, 1.165) is 34.0 Å². The summed E-state index contributed by atoms with van der Waals surface area (Å²) in [6.45, 7) is 2.39. The Hall–Kier alpha value is -4.85. The molecule has 2 amide bonds. The summed E-state index contributed by atoms with van der Waals surface area (Å²) in [5.41, 5.74) is 5.16. The molecule has 7 nitrogen and oxygen atoms in total. The maximum atomic E-state index is 14.0. The summed E-state index contributed by atoms with van der Waals surface area (Å²) in [7, 11) is 1.63. The third-order valence-electron chi connectivity index (χ3n) is 7.07. The normalized spacial score (nSPS) is 14.3. The number of carbonyl (C=O) groups is 1. The highest BCUT2D eigenvalue weighted by Crippen LogP contribution is 2.39. The monoisotopic (exact) mass is 521 g/mol. The zero-order valence-corrected chi connectivity index (χ0v) is 21.7. The number of nitrogens with zero attached hydrogens (tertiary/aromatic N) is 4. The number of hydrogen-bond donors (Lipinski definition) is 1. The Bertz CT molecular complexity index is 1620. The molecule has 8 heteroatoms. The number of carbonyl (C=O) groups excluding carboxylic acids is 1. The number of hydrogen-bond acceptors (Lipinski definition) is 3. The van der Waals surface area contributed by atoms with Crippen molar-refractivity contribution in [3.63, 3.8) is 0 Å². The molecule has 1 atom stereocenters. The van der Waals surface area contributed by atoms with Gasteiger partial charge < -0.3 is 19.5 Å². The molecule has 0 spiro atoms. The molecule has 5 aromatic rings.